The molecule has 0 radical (unpaired) electrons. The molecular weight excluding hydrogens is 393 g/mol. The van der Waals surface area contributed by atoms with Crippen molar-refractivity contribution in [1.82, 2.24) is 0 Å². The van der Waals surface area contributed by atoms with E-state index in [-0.39, 0.29) is 18.3 Å². The van der Waals surface area contributed by atoms with Crippen LogP contribution in [0.5, 0.6) is 11.5 Å². The molecule has 0 spiro atoms. The average Bonchev–Trinajstić information content (AvgIpc) is 3.03. The smallest absolute Gasteiger partial charge is 0.256 e. The molecule has 0 fully saturated rings. The molecular formula is C23H17ClFNO3. The minimum atomic E-state index is -0.352. The lowest BCUT2D eigenvalue weighted by Gasteiger charge is -2.14. The van der Waals surface area contributed by atoms with Crippen molar-refractivity contribution in [3.8, 4) is 11.5 Å². The standard InChI is InChI=1S/C23H17ClFNO3/c1-28-21-12-14(10-17-16-7-3-5-9-20(16)26-23(17)27)11-18(24)22(21)29-13-15-6-2-4-8-19(15)25/h2-12H,13H2,1H3,(H,26,27)/b17-10-. The lowest BCUT2D eigenvalue weighted by atomic mass is 10.0. The van der Waals surface area contributed by atoms with Gasteiger partial charge in [0.25, 0.3) is 5.91 Å². The van der Waals surface area contributed by atoms with Gasteiger partial charge in [-0.3, -0.25) is 4.79 Å². The Morgan fingerprint density at radius 3 is 2.66 bits per heavy atom. The second-order valence-electron chi connectivity index (χ2n) is 6.47. The van der Waals surface area contributed by atoms with Crippen molar-refractivity contribution in [2.45, 2.75) is 6.61 Å². The van der Waals surface area contributed by atoms with Crippen molar-refractivity contribution in [2.75, 3.05) is 12.4 Å². The van der Waals surface area contributed by atoms with E-state index in [4.69, 9.17) is 21.1 Å². The number of para-hydroxylation sites is 1. The fraction of sp³-hybridized carbons (Fsp3) is 0.0870. The number of methoxy groups -OCH3 is 1. The minimum Gasteiger partial charge on any atom is -0.493 e. The van der Waals surface area contributed by atoms with Gasteiger partial charge in [-0.15, -0.1) is 0 Å². The maximum absolute atomic E-state index is 13.8. The van der Waals surface area contributed by atoms with Crippen LogP contribution < -0.4 is 14.8 Å². The van der Waals surface area contributed by atoms with Crippen molar-refractivity contribution in [2.24, 2.45) is 0 Å². The number of ether oxygens (including phenoxy) is 2. The lowest BCUT2D eigenvalue weighted by molar-refractivity contribution is -0.110. The molecule has 146 valence electrons. The molecule has 0 aromatic heterocycles. The van der Waals surface area contributed by atoms with Crippen LogP contribution in [0.4, 0.5) is 10.1 Å². The second kappa shape index (κ2) is 7.97. The van der Waals surface area contributed by atoms with E-state index in [1.807, 2.05) is 24.3 Å². The monoisotopic (exact) mass is 409 g/mol. The highest BCUT2D eigenvalue weighted by molar-refractivity contribution is 6.35. The van der Waals surface area contributed by atoms with Crippen molar-refractivity contribution in [1.29, 1.82) is 0 Å². The molecule has 4 nitrogen and oxygen atoms in total. The quantitative estimate of drug-likeness (QED) is 0.561. The van der Waals surface area contributed by atoms with Crippen molar-refractivity contribution < 1.29 is 18.7 Å². The van der Waals surface area contributed by atoms with Crippen LogP contribution in [0.15, 0.2) is 60.7 Å². The number of nitrogens with one attached hydrogen (secondary N) is 1. The van der Waals surface area contributed by atoms with Crippen molar-refractivity contribution in [3.05, 3.63) is 88.2 Å². The summed E-state index contributed by atoms with van der Waals surface area (Å²) < 4.78 is 25.0. The first-order chi connectivity index (χ1) is 14.1. The fourth-order valence-electron chi connectivity index (χ4n) is 3.18. The first kappa shape index (κ1) is 19.0. The molecule has 6 heteroatoms. The van der Waals surface area contributed by atoms with E-state index in [2.05, 4.69) is 5.32 Å². The van der Waals surface area contributed by atoms with E-state index in [1.165, 1.54) is 13.2 Å². The molecule has 1 N–H and O–H groups in total. The second-order valence-corrected chi connectivity index (χ2v) is 6.88. The molecule has 0 bridgehead atoms. The van der Waals surface area contributed by atoms with Crippen molar-refractivity contribution >= 4 is 34.8 Å². The Morgan fingerprint density at radius 2 is 1.86 bits per heavy atom. The Hall–Kier alpha value is -3.31. The largest absolute Gasteiger partial charge is 0.493 e. The molecule has 0 aliphatic carbocycles. The van der Waals surface area contributed by atoms with E-state index in [1.54, 1.807) is 36.4 Å². The number of benzene rings is 3. The van der Waals surface area contributed by atoms with Crippen molar-refractivity contribution in [3.63, 3.8) is 0 Å². The van der Waals surface area contributed by atoms with Gasteiger partial charge in [0.2, 0.25) is 0 Å². The molecule has 3 aromatic carbocycles. The summed E-state index contributed by atoms with van der Waals surface area (Å²) in [5, 5.41) is 3.14. The van der Waals surface area contributed by atoms with Gasteiger partial charge in [-0.2, -0.15) is 0 Å². The molecule has 0 unspecified atom stereocenters. The predicted octanol–water partition coefficient (Wildman–Crippen LogP) is 5.56. The number of carbonyl (C=O) groups is 1. The molecule has 0 saturated heterocycles. The Kier molecular flexibility index (Phi) is 5.23. The third-order valence-electron chi connectivity index (χ3n) is 4.60. The highest BCUT2D eigenvalue weighted by Crippen LogP contribution is 2.39. The zero-order chi connectivity index (χ0) is 20.4. The Morgan fingerprint density at radius 1 is 1.10 bits per heavy atom. The molecule has 0 saturated carbocycles. The zero-order valence-electron chi connectivity index (χ0n) is 15.5. The maximum Gasteiger partial charge on any atom is 0.256 e. The minimum absolute atomic E-state index is 0.0129. The van der Waals surface area contributed by atoms with Gasteiger partial charge in [0.15, 0.2) is 11.5 Å². The first-order valence-electron chi connectivity index (χ1n) is 8.93. The highest BCUT2D eigenvalue weighted by Gasteiger charge is 2.23. The molecule has 1 amide bonds. The third-order valence-corrected chi connectivity index (χ3v) is 4.88. The number of carbonyl (C=O) groups excluding carboxylic acids is 1. The topological polar surface area (TPSA) is 47.6 Å². The van der Waals surface area contributed by atoms with Crippen LogP contribution in [-0.2, 0) is 11.4 Å². The normalized spacial score (nSPS) is 13.9. The highest BCUT2D eigenvalue weighted by atomic mass is 35.5. The third kappa shape index (κ3) is 3.82. The van der Waals surface area contributed by atoms with E-state index >= 15 is 0 Å². The number of anilines is 1. The number of rotatable bonds is 5. The van der Waals surface area contributed by atoms with Gasteiger partial charge < -0.3 is 14.8 Å². The molecule has 3 aromatic rings. The predicted molar refractivity (Wildman–Crippen MR) is 112 cm³/mol. The summed E-state index contributed by atoms with van der Waals surface area (Å²) in [5.41, 5.74) is 3.24. The van der Waals surface area contributed by atoms with Crippen LogP contribution in [0.2, 0.25) is 5.02 Å². The zero-order valence-corrected chi connectivity index (χ0v) is 16.3. The van der Waals surface area contributed by atoms with Crippen LogP contribution in [0, 0.1) is 5.82 Å². The summed E-state index contributed by atoms with van der Waals surface area (Å²) in [6, 6.07) is 17.2. The number of halogens is 2. The average molecular weight is 410 g/mol. The summed E-state index contributed by atoms with van der Waals surface area (Å²) in [6.07, 6.45) is 1.75. The van der Waals surface area contributed by atoms with Gasteiger partial charge in [0, 0.05) is 22.4 Å². The Bertz CT molecular complexity index is 1130. The SMILES string of the molecule is COc1cc(/C=C2\C(=O)Nc3ccccc32)cc(Cl)c1OCc1ccccc1F. The summed E-state index contributed by atoms with van der Waals surface area (Å²) in [6.45, 7) is 0.0129. The lowest BCUT2D eigenvalue weighted by Crippen LogP contribution is -2.03. The summed E-state index contributed by atoms with van der Waals surface area (Å²) in [5.74, 6) is 0.180. The van der Waals surface area contributed by atoms with Gasteiger partial charge in [-0.1, -0.05) is 48.0 Å². The van der Waals surface area contributed by atoms with Gasteiger partial charge >= 0.3 is 0 Å². The van der Waals surface area contributed by atoms with E-state index in [0.717, 1.165) is 11.3 Å². The van der Waals surface area contributed by atoms with Gasteiger partial charge in [-0.05, 0) is 35.9 Å². The van der Waals surface area contributed by atoms with E-state index in [9.17, 15) is 9.18 Å². The van der Waals surface area contributed by atoms with E-state index < -0.39 is 0 Å². The number of amides is 1. The number of hydrogen-bond donors (Lipinski definition) is 1. The first-order valence-corrected chi connectivity index (χ1v) is 9.31. The van der Waals surface area contributed by atoms with Crippen LogP contribution in [-0.4, -0.2) is 13.0 Å². The Balaban J connectivity index is 1.65. The van der Waals surface area contributed by atoms with Gasteiger partial charge in [0.1, 0.15) is 12.4 Å². The molecule has 0 atom stereocenters. The van der Waals surface area contributed by atoms with Crippen LogP contribution >= 0.6 is 11.6 Å². The summed E-state index contributed by atoms with van der Waals surface area (Å²) in [4.78, 5) is 12.3. The molecule has 1 aliphatic heterocycles. The van der Waals surface area contributed by atoms with Gasteiger partial charge in [0.05, 0.1) is 12.1 Å². The van der Waals surface area contributed by atoms with Crippen LogP contribution in [0.3, 0.4) is 0 Å². The molecule has 4 rings (SSSR count). The molecule has 1 heterocycles. The molecule has 29 heavy (non-hydrogen) atoms. The van der Waals surface area contributed by atoms with Crippen LogP contribution in [0.1, 0.15) is 16.7 Å². The van der Waals surface area contributed by atoms with Gasteiger partial charge in [-0.25, -0.2) is 4.39 Å². The number of fused-ring (bicyclic) bond motifs is 1. The fourth-order valence-corrected chi connectivity index (χ4v) is 3.45. The number of hydrogen-bond acceptors (Lipinski definition) is 3. The van der Waals surface area contributed by atoms with Crippen LogP contribution in [0.25, 0.3) is 11.6 Å². The Labute approximate surface area is 172 Å². The maximum atomic E-state index is 13.8. The van der Waals surface area contributed by atoms with E-state index in [0.29, 0.717) is 33.2 Å². The molecule has 1 aliphatic rings. The summed E-state index contributed by atoms with van der Waals surface area (Å²) in [7, 11) is 1.50. The summed E-state index contributed by atoms with van der Waals surface area (Å²) >= 11 is 6.41.